The molecule has 3 N–H and O–H groups in total. The molecule has 0 saturated carbocycles. The lowest BCUT2D eigenvalue weighted by Gasteiger charge is -2.11. The summed E-state index contributed by atoms with van der Waals surface area (Å²) in [6, 6.07) is 4.83. The van der Waals surface area contributed by atoms with Crippen LogP contribution >= 0.6 is 0 Å². The van der Waals surface area contributed by atoms with Gasteiger partial charge in [-0.05, 0) is 18.6 Å². The maximum absolute atomic E-state index is 13.8. The SMILES string of the molecule is Cc1cccc(Oc2cc(C(F)(F)F)nc(NN)n2)c1F. The van der Waals surface area contributed by atoms with Crippen molar-refractivity contribution in [2.45, 2.75) is 13.1 Å². The number of aromatic nitrogens is 2. The molecule has 9 heteroatoms. The summed E-state index contributed by atoms with van der Waals surface area (Å²) in [5.41, 5.74) is 0.926. The van der Waals surface area contributed by atoms with E-state index in [0.717, 1.165) is 0 Å². The van der Waals surface area contributed by atoms with Gasteiger partial charge < -0.3 is 4.74 Å². The number of anilines is 1. The van der Waals surface area contributed by atoms with E-state index < -0.39 is 29.5 Å². The Balaban J connectivity index is 2.42. The topological polar surface area (TPSA) is 73.1 Å². The standard InChI is InChI=1S/C12H10F4N4O/c1-6-3-2-4-7(10(6)13)21-9-5-8(12(14,15)16)18-11(19-9)20-17/h2-5H,17H2,1H3,(H,18,19,20). The highest BCUT2D eigenvalue weighted by Gasteiger charge is 2.34. The summed E-state index contributed by atoms with van der Waals surface area (Å²) in [5, 5.41) is 0. The van der Waals surface area contributed by atoms with Gasteiger partial charge in [0.2, 0.25) is 11.8 Å². The van der Waals surface area contributed by atoms with E-state index in [1.165, 1.54) is 25.1 Å². The molecule has 0 atom stereocenters. The molecule has 0 aliphatic rings. The van der Waals surface area contributed by atoms with Crippen molar-refractivity contribution in [3.8, 4) is 11.6 Å². The first kappa shape index (κ1) is 15.0. The fourth-order valence-electron chi connectivity index (χ4n) is 1.50. The van der Waals surface area contributed by atoms with E-state index in [4.69, 9.17) is 10.6 Å². The van der Waals surface area contributed by atoms with Crippen LogP contribution in [0.2, 0.25) is 0 Å². The molecule has 0 bridgehead atoms. The van der Waals surface area contributed by atoms with E-state index in [1.54, 1.807) is 0 Å². The maximum Gasteiger partial charge on any atom is 0.433 e. The largest absolute Gasteiger partial charge is 0.436 e. The first-order valence-electron chi connectivity index (χ1n) is 5.67. The van der Waals surface area contributed by atoms with Crippen LogP contribution in [-0.2, 0) is 6.18 Å². The van der Waals surface area contributed by atoms with Gasteiger partial charge in [-0.3, -0.25) is 5.43 Å². The Bertz CT molecular complexity index is 660. The zero-order chi connectivity index (χ0) is 15.6. The Kier molecular flexibility index (Phi) is 3.94. The molecule has 2 aromatic rings. The quantitative estimate of drug-likeness (QED) is 0.518. The van der Waals surface area contributed by atoms with Crippen LogP contribution < -0.4 is 16.0 Å². The second-order valence-electron chi connectivity index (χ2n) is 4.05. The van der Waals surface area contributed by atoms with Gasteiger partial charge in [0.1, 0.15) is 0 Å². The predicted molar refractivity (Wildman–Crippen MR) is 66.1 cm³/mol. The fourth-order valence-corrected chi connectivity index (χ4v) is 1.50. The van der Waals surface area contributed by atoms with Crippen molar-refractivity contribution < 1.29 is 22.3 Å². The van der Waals surface area contributed by atoms with E-state index in [-0.39, 0.29) is 11.3 Å². The third-order valence-corrected chi connectivity index (χ3v) is 2.49. The van der Waals surface area contributed by atoms with Crippen molar-refractivity contribution in [3.05, 3.63) is 41.3 Å². The summed E-state index contributed by atoms with van der Waals surface area (Å²) >= 11 is 0. The normalized spacial score (nSPS) is 11.3. The Morgan fingerprint density at radius 2 is 1.95 bits per heavy atom. The van der Waals surface area contributed by atoms with Gasteiger partial charge in [0.25, 0.3) is 0 Å². The number of hydrogen-bond donors (Lipinski definition) is 2. The van der Waals surface area contributed by atoms with Crippen molar-refractivity contribution in [2.75, 3.05) is 5.43 Å². The number of hydrogen-bond acceptors (Lipinski definition) is 5. The second-order valence-corrected chi connectivity index (χ2v) is 4.05. The van der Waals surface area contributed by atoms with Gasteiger partial charge in [-0.15, -0.1) is 0 Å². The van der Waals surface area contributed by atoms with Gasteiger partial charge in [0, 0.05) is 6.07 Å². The highest BCUT2D eigenvalue weighted by atomic mass is 19.4. The molecule has 0 aliphatic carbocycles. The molecular formula is C12H10F4N4O. The molecular weight excluding hydrogens is 292 g/mol. The number of nitrogens with one attached hydrogen (secondary N) is 1. The summed E-state index contributed by atoms with van der Waals surface area (Å²) in [6.45, 7) is 1.50. The van der Waals surface area contributed by atoms with Crippen LogP contribution in [-0.4, -0.2) is 9.97 Å². The Hall–Kier alpha value is -2.42. The molecule has 0 amide bonds. The van der Waals surface area contributed by atoms with Crippen LogP contribution in [0.15, 0.2) is 24.3 Å². The molecule has 1 aromatic carbocycles. The Morgan fingerprint density at radius 1 is 1.24 bits per heavy atom. The summed E-state index contributed by atoms with van der Waals surface area (Å²) in [7, 11) is 0. The van der Waals surface area contributed by atoms with Gasteiger partial charge in [-0.1, -0.05) is 12.1 Å². The maximum atomic E-state index is 13.8. The minimum atomic E-state index is -4.71. The van der Waals surface area contributed by atoms with Gasteiger partial charge in [0.05, 0.1) is 0 Å². The minimum Gasteiger partial charge on any atom is -0.436 e. The monoisotopic (exact) mass is 302 g/mol. The van der Waals surface area contributed by atoms with E-state index in [2.05, 4.69) is 9.97 Å². The van der Waals surface area contributed by atoms with E-state index in [9.17, 15) is 17.6 Å². The third kappa shape index (κ3) is 3.37. The Morgan fingerprint density at radius 3 is 2.57 bits per heavy atom. The first-order valence-corrected chi connectivity index (χ1v) is 5.67. The van der Waals surface area contributed by atoms with Crippen LogP contribution in [0.5, 0.6) is 11.6 Å². The van der Waals surface area contributed by atoms with E-state index in [1.807, 2.05) is 5.43 Å². The van der Waals surface area contributed by atoms with Gasteiger partial charge >= 0.3 is 6.18 Å². The molecule has 112 valence electrons. The van der Waals surface area contributed by atoms with Crippen LogP contribution in [0.1, 0.15) is 11.3 Å². The molecule has 2 rings (SSSR count). The highest BCUT2D eigenvalue weighted by molar-refractivity contribution is 5.36. The zero-order valence-corrected chi connectivity index (χ0v) is 10.7. The first-order chi connectivity index (χ1) is 9.81. The average molecular weight is 302 g/mol. The number of halogens is 4. The summed E-state index contributed by atoms with van der Waals surface area (Å²) in [4.78, 5) is 6.75. The lowest BCUT2D eigenvalue weighted by molar-refractivity contribution is -0.141. The van der Waals surface area contributed by atoms with Crippen molar-refractivity contribution in [3.63, 3.8) is 0 Å². The van der Waals surface area contributed by atoms with Crippen LogP contribution in [0.4, 0.5) is 23.5 Å². The molecule has 0 unspecified atom stereocenters. The van der Waals surface area contributed by atoms with Gasteiger partial charge in [-0.25, -0.2) is 15.2 Å². The number of alkyl halides is 3. The van der Waals surface area contributed by atoms with Gasteiger partial charge in [0.15, 0.2) is 17.3 Å². The minimum absolute atomic E-state index is 0.246. The number of ether oxygens (including phenoxy) is 1. The molecule has 0 radical (unpaired) electrons. The van der Waals surface area contributed by atoms with Gasteiger partial charge in [-0.2, -0.15) is 18.2 Å². The number of rotatable bonds is 3. The second kappa shape index (κ2) is 5.52. The van der Waals surface area contributed by atoms with Crippen LogP contribution in [0.3, 0.4) is 0 Å². The molecule has 1 aromatic heterocycles. The van der Waals surface area contributed by atoms with Crippen molar-refractivity contribution >= 4 is 5.95 Å². The summed E-state index contributed by atoms with van der Waals surface area (Å²) < 4.78 is 56.9. The summed E-state index contributed by atoms with van der Waals surface area (Å²) in [5.74, 6) is 3.10. The number of aryl methyl sites for hydroxylation is 1. The smallest absolute Gasteiger partial charge is 0.433 e. The predicted octanol–water partition coefficient (Wildman–Crippen LogP) is 3.02. The van der Waals surface area contributed by atoms with E-state index >= 15 is 0 Å². The molecule has 0 fully saturated rings. The Labute approximate surface area is 116 Å². The van der Waals surface area contributed by atoms with Crippen LogP contribution in [0, 0.1) is 12.7 Å². The zero-order valence-electron chi connectivity index (χ0n) is 10.7. The molecule has 0 saturated heterocycles. The lowest BCUT2D eigenvalue weighted by Crippen LogP contribution is -2.15. The molecule has 0 aliphatic heterocycles. The number of nitrogens with two attached hydrogens (primary N) is 1. The summed E-state index contributed by atoms with van der Waals surface area (Å²) in [6.07, 6.45) is -4.71. The van der Waals surface area contributed by atoms with Crippen LogP contribution in [0.25, 0.3) is 0 Å². The molecule has 0 spiro atoms. The number of nitrogens with zero attached hydrogens (tertiary/aromatic N) is 2. The third-order valence-electron chi connectivity index (χ3n) is 2.49. The average Bonchev–Trinajstić information content (AvgIpc) is 2.42. The number of hydrazine groups is 1. The highest BCUT2D eigenvalue weighted by Crippen LogP contribution is 2.32. The molecule has 1 heterocycles. The fraction of sp³-hybridized carbons (Fsp3) is 0.167. The number of benzene rings is 1. The van der Waals surface area contributed by atoms with E-state index in [0.29, 0.717) is 6.07 Å². The van der Waals surface area contributed by atoms with Crippen molar-refractivity contribution in [1.82, 2.24) is 9.97 Å². The lowest BCUT2D eigenvalue weighted by atomic mass is 10.2. The number of nitrogen functional groups attached to an aromatic ring is 1. The molecule has 21 heavy (non-hydrogen) atoms. The van der Waals surface area contributed by atoms with Crippen molar-refractivity contribution in [1.29, 1.82) is 0 Å². The molecule has 5 nitrogen and oxygen atoms in total. The van der Waals surface area contributed by atoms with Crippen molar-refractivity contribution in [2.24, 2.45) is 5.84 Å².